The lowest BCUT2D eigenvalue weighted by Gasteiger charge is -2.05. The number of aromatic nitrogens is 2. The van der Waals surface area contributed by atoms with Crippen LogP contribution in [-0.4, -0.2) is 15.9 Å². The first-order valence-electron chi connectivity index (χ1n) is 6.75. The molecule has 2 N–H and O–H groups in total. The van der Waals surface area contributed by atoms with Gasteiger partial charge in [0.05, 0.1) is 12.2 Å². The van der Waals surface area contributed by atoms with Crippen molar-refractivity contribution in [2.75, 3.05) is 0 Å². The molecule has 0 unspecified atom stereocenters. The number of rotatable bonds is 4. The summed E-state index contributed by atoms with van der Waals surface area (Å²) in [5.41, 5.74) is 3.52. The molecule has 4 nitrogen and oxygen atoms in total. The molecule has 0 saturated heterocycles. The van der Waals surface area contributed by atoms with Gasteiger partial charge < -0.3 is 10.3 Å². The summed E-state index contributed by atoms with van der Waals surface area (Å²) in [5.74, 6) is -0.0860. The molecule has 0 spiro atoms. The Morgan fingerprint density at radius 2 is 1.90 bits per heavy atom. The first-order valence-corrected chi connectivity index (χ1v) is 6.75. The van der Waals surface area contributed by atoms with Crippen molar-refractivity contribution in [3.8, 4) is 11.3 Å². The largest absolute Gasteiger partial charge is 0.364 e. The highest BCUT2D eigenvalue weighted by molar-refractivity contribution is 5.94. The predicted molar refractivity (Wildman–Crippen MR) is 81.6 cm³/mol. The van der Waals surface area contributed by atoms with Gasteiger partial charge in [0.15, 0.2) is 0 Å². The summed E-state index contributed by atoms with van der Waals surface area (Å²) in [7, 11) is 0. The maximum atomic E-state index is 12.0. The van der Waals surface area contributed by atoms with E-state index in [1.807, 2.05) is 60.8 Å². The van der Waals surface area contributed by atoms with Crippen LogP contribution >= 0.6 is 0 Å². The molecule has 0 radical (unpaired) electrons. The van der Waals surface area contributed by atoms with E-state index in [1.54, 1.807) is 6.20 Å². The van der Waals surface area contributed by atoms with Gasteiger partial charge in [0, 0.05) is 29.2 Å². The monoisotopic (exact) mass is 277 g/mol. The molecular formula is C17H15N3O. The van der Waals surface area contributed by atoms with Crippen LogP contribution in [0.25, 0.3) is 11.3 Å². The molecular weight excluding hydrogens is 262 g/mol. The minimum absolute atomic E-state index is 0.0860. The summed E-state index contributed by atoms with van der Waals surface area (Å²) in [6, 6.07) is 17.1. The van der Waals surface area contributed by atoms with E-state index >= 15 is 0 Å². The third-order valence-electron chi connectivity index (χ3n) is 3.21. The average Bonchev–Trinajstić information content (AvgIpc) is 3.07. The summed E-state index contributed by atoms with van der Waals surface area (Å²) in [6.07, 6.45) is 3.59. The van der Waals surface area contributed by atoms with Gasteiger partial charge in [-0.25, -0.2) is 0 Å². The van der Waals surface area contributed by atoms with Gasteiger partial charge in [0.25, 0.3) is 5.91 Å². The summed E-state index contributed by atoms with van der Waals surface area (Å²) >= 11 is 0. The van der Waals surface area contributed by atoms with E-state index in [1.165, 1.54) is 0 Å². The molecule has 3 aromatic rings. The van der Waals surface area contributed by atoms with E-state index in [0.29, 0.717) is 12.1 Å². The van der Waals surface area contributed by atoms with Crippen LogP contribution in [0.3, 0.4) is 0 Å². The fourth-order valence-electron chi connectivity index (χ4n) is 2.08. The molecule has 0 aliphatic rings. The molecule has 0 saturated carbocycles. The summed E-state index contributed by atoms with van der Waals surface area (Å²) in [6.45, 7) is 0.494. The molecule has 21 heavy (non-hydrogen) atoms. The van der Waals surface area contributed by atoms with Gasteiger partial charge >= 0.3 is 0 Å². The van der Waals surface area contributed by atoms with Crippen molar-refractivity contribution in [2.45, 2.75) is 6.54 Å². The molecule has 1 amide bonds. The second kappa shape index (κ2) is 6.05. The van der Waals surface area contributed by atoms with Gasteiger partial charge in [-0.05, 0) is 36.4 Å². The summed E-state index contributed by atoms with van der Waals surface area (Å²) < 4.78 is 0. The molecule has 4 heteroatoms. The molecule has 2 heterocycles. The number of benzene rings is 1. The van der Waals surface area contributed by atoms with Crippen molar-refractivity contribution in [3.63, 3.8) is 0 Å². The zero-order chi connectivity index (χ0) is 14.5. The Kier molecular flexibility index (Phi) is 3.78. The molecule has 104 valence electrons. The number of aromatic amines is 1. The maximum absolute atomic E-state index is 12.0. The molecule has 0 fully saturated rings. The average molecular weight is 277 g/mol. The molecule has 0 aliphatic carbocycles. The molecule has 1 aromatic carbocycles. The third-order valence-corrected chi connectivity index (χ3v) is 3.21. The SMILES string of the molecule is O=C(NCc1ccc[nH]1)c1ccc(-c2ccccn2)cc1. The second-order valence-electron chi connectivity index (χ2n) is 4.67. The van der Waals surface area contributed by atoms with E-state index in [9.17, 15) is 4.79 Å². The Bertz CT molecular complexity index is 704. The quantitative estimate of drug-likeness (QED) is 0.770. The second-order valence-corrected chi connectivity index (χ2v) is 4.67. The van der Waals surface area contributed by atoms with Crippen molar-refractivity contribution in [3.05, 3.63) is 78.2 Å². The Morgan fingerprint density at radius 3 is 2.57 bits per heavy atom. The highest BCUT2D eigenvalue weighted by atomic mass is 16.1. The Morgan fingerprint density at radius 1 is 1.05 bits per heavy atom. The minimum Gasteiger partial charge on any atom is -0.364 e. The molecule has 3 rings (SSSR count). The number of H-pyrrole nitrogens is 1. The molecule has 0 bridgehead atoms. The van der Waals surface area contributed by atoms with E-state index in [-0.39, 0.29) is 5.91 Å². The molecule has 0 aliphatic heterocycles. The van der Waals surface area contributed by atoms with Gasteiger partial charge in [0.2, 0.25) is 0 Å². The Hall–Kier alpha value is -2.88. The topological polar surface area (TPSA) is 57.8 Å². The predicted octanol–water partition coefficient (Wildman–Crippen LogP) is 3.01. The van der Waals surface area contributed by atoms with Gasteiger partial charge in [0.1, 0.15) is 0 Å². The number of carbonyl (C=O) groups excluding carboxylic acids is 1. The van der Waals surface area contributed by atoms with Gasteiger partial charge in [-0.1, -0.05) is 18.2 Å². The number of hydrogen-bond donors (Lipinski definition) is 2. The van der Waals surface area contributed by atoms with Crippen molar-refractivity contribution in [1.29, 1.82) is 0 Å². The van der Waals surface area contributed by atoms with Crippen molar-refractivity contribution in [2.24, 2.45) is 0 Å². The lowest BCUT2D eigenvalue weighted by atomic mass is 10.1. The van der Waals surface area contributed by atoms with E-state index in [2.05, 4.69) is 15.3 Å². The first kappa shape index (κ1) is 13.1. The molecule has 2 aromatic heterocycles. The van der Waals surface area contributed by atoms with Crippen LogP contribution in [0.5, 0.6) is 0 Å². The summed E-state index contributed by atoms with van der Waals surface area (Å²) in [4.78, 5) is 19.4. The van der Waals surface area contributed by atoms with Crippen molar-refractivity contribution >= 4 is 5.91 Å². The van der Waals surface area contributed by atoms with Crippen LogP contribution in [0.15, 0.2) is 67.0 Å². The van der Waals surface area contributed by atoms with Crippen molar-refractivity contribution < 1.29 is 4.79 Å². The molecule has 0 atom stereocenters. The fraction of sp³-hybridized carbons (Fsp3) is 0.0588. The fourth-order valence-corrected chi connectivity index (χ4v) is 2.08. The first-order chi connectivity index (χ1) is 10.3. The number of hydrogen-bond acceptors (Lipinski definition) is 2. The smallest absolute Gasteiger partial charge is 0.251 e. The maximum Gasteiger partial charge on any atom is 0.251 e. The van der Waals surface area contributed by atoms with Crippen LogP contribution in [0.4, 0.5) is 0 Å². The van der Waals surface area contributed by atoms with Crippen LogP contribution in [0.2, 0.25) is 0 Å². The van der Waals surface area contributed by atoms with Crippen LogP contribution < -0.4 is 5.32 Å². The van der Waals surface area contributed by atoms with Crippen molar-refractivity contribution in [1.82, 2.24) is 15.3 Å². The van der Waals surface area contributed by atoms with Gasteiger partial charge in [-0.15, -0.1) is 0 Å². The Balaban J connectivity index is 1.67. The highest BCUT2D eigenvalue weighted by Crippen LogP contribution is 2.16. The number of nitrogens with one attached hydrogen (secondary N) is 2. The number of nitrogens with zero attached hydrogens (tertiary/aromatic N) is 1. The Labute approximate surface area is 122 Å². The van der Waals surface area contributed by atoms with E-state index < -0.39 is 0 Å². The highest BCUT2D eigenvalue weighted by Gasteiger charge is 2.06. The summed E-state index contributed by atoms with van der Waals surface area (Å²) in [5, 5.41) is 2.87. The number of amides is 1. The minimum atomic E-state index is -0.0860. The normalized spacial score (nSPS) is 10.3. The van der Waals surface area contributed by atoms with E-state index in [4.69, 9.17) is 0 Å². The number of pyridine rings is 1. The van der Waals surface area contributed by atoms with Gasteiger partial charge in [-0.3, -0.25) is 9.78 Å². The zero-order valence-electron chi connectivity index (χ0n) is 11.4. The lowest BCUT2D eigenvalue weighted by Crippen LogP contribution is -2.22. The van der Waals surface area contributed by atoms with Crippen LogP contribution in [0.1, 0.15) is 16.1 Å². The van der Waals surface area contributed by atoms with Gasteiger partial charge in [-0.2, -0.15) is 0 Å². The third kappa shape index (κ3) is 3.17. The standard InChI is InChI=1S/C17H15N3O/c21-17(20-12-15-4-3-11-18-15)14-8-6-13(7-9-14)16-5-1-2-10-19-16/h1-11,18H,12H2,(H,20,21). The zero-order valence-corrected chi connectivity index (χ0v) is 11.4. The van der Waals surface area contributed by atoms with Crippen LogP contribution in [-0.2, 0) is 6.54 Å². The van der Waals surface area contributed by atoms with E-state index in [0.717, 1.165) is 17.0 Å². The van der Waals surface area contributed by atoms with Crippen LogP contribution in [0, 0.1) is 0 Å². The lowest BCUT2D eigenvalue weighted by molar-refractivity contribution is 0.0950. The number of carbonyl (C=O) groups is 1.